The van der Waals surface area contributed by atoms with E-state index >= 15 is 0 Å². The lowest BCUT2D eigenvalue weighted by Gasteiger charge is -2.38. The molecule has 3 rings (SSSR count). The van der Waals surface area contributed by atoms with Gasteiger partial charge in [0.1, 0.15) is 0 Å². The van der Waals surface area contributed by atoms with Crippen molar-refractivity contribution in [2.45, 2.75) is 37.9 Å². The van der Waals surface area contributed by atoms with E-state index in [1.54, 1.807) is 0 Å². The molecule has 0 saturated carbocycles. The fourth-order valence-electron chi connectivity index (χ4n) is 3.49. The fraction of sp³-hybridized carbons (Fsp3) is 0.688. The highest BCUT2D eigenvalue weighted by Gasteiger charge is 2.44. The monoisotopic (exact) mass is 276 g/mol. The zero-order chi connectivity index (χ0) is 13.7. The van der Waals surface area contributed by atoms with Crippen LogP contribution in [0.15, 0.2) is 24.5 Å². The van der Waals surface area contributed by atoms with Gasteiger partial charge in [-0.05, 0) is 62.4 Å². The smallest absolute Gasteiger partial charge is 0.0736 e. The van der Waals surface area contributed by atoms with Gasteiger partial charge >= 0.3 is 0 Å². The van der Waals surface area contributed by atoms with Crippen LogP contribution in [0.3, 0.4) is 0 Å². The summed E-state index contributed by atoms with van der Waals surface area (Å²) in [6.45, 7) is 4.62. The van der Waals surface area contributed by atoms with Gasteiger partial charge in [-0.15, -0.1) is 0 Å². The summed E-state index contributed by atoms with van der Waals surface area (Å²) in [4.78, 5) is 4.02. The van der Waals surface area contributed by atoms with Gasteiger partial charge in [0.2, 0.25) is 0 Å². The summed E-state index contributed by atoms with van der Waals surface area (Å²) in [5, 5.41) is 3.43. The van der Waals surface area contributed by atoms with Crippen molar-refractivity contribution in [1.82, 2.24) is 10.3 Å². The fourth-order valence-corrected chi connectivity index (χ4v) is 3.49. The standard InChI is InChI=1S/C16H24N2O2/c1-7-17-8-2-14(1)13-19-11-3-15-4-12-20-16(15)5-9-18-10-6-16/h1-2,7-8,15,18H,3-6,9-13H2/t15-/m1/s1. The molecule has 0 aromatic carbocycles. The Morgan fingerprint density at radius 2 is 2.10 bits per heavy atom. The zero-order valence-electron chi connectivity index (χ0n) is 12.0. The van der Waals surface area contributed by atoms with Crippen LogP contribution in [0.5, 0.6) is 0 Å². The van der Waals surface area contributed by atoms with E-state index in [1.165, 1.54) is 12.0 Å². The van der Waals surface area contributed by atoms with Crippen LogP contribution in [0.2, 0.25) is 0 Å². The van der Waals surface area contributed by atoms with E-state index < -0.39 is 0 Å². The van der Waals surface area contributed by atoms with E-state index in [4.69, 9.17) is 9.47 Å². The molecule has 20 heavy (non-hydrogen) atoms. The number of aromatic nitrogens is 1. The van der Waals surface area contributed by atoms with Gasteiger partial charge in [0, 0.05) is 25.6 Å². The van der Waals surface area contributed by atoms with Gasteiger partial charge in [-0.3, -0.25) is 4.98 Å². The lowest BCUT2D eigenvalue weighted by atomic mass is 9.78. The van der Waals surface area contributed by atoms with Crippen LogP contribution in [0, 0.1) is 5.92 Å². The summed E-state index contributed by atoms with van der Waals surface area (Å²) < 4.78 is 11.9. The number of ether oxygens (including phenoxy) is 2. The third-order valence-corrected chi connectivity index (χ3v) is 4.68. The number of rotatable bonds is 5. The second-order valence-electron chi connectivity index (χ2n) is 5.85. The molecule has 0 bridgehead atoms. The molecule has 1 aromatic rings. The number of piperidine rings is 1. The van der Waals surface area contributed by atoms with Crippen molar-refractivity contribution in [3.05, 3.63) is 30.1 Å². The number of hydrogen-bond acceptors (Lipinski definition) is 4. The van der Waals surface area contributed by atoms with Crippen LogP contribution in [0.1, 0.15) is 31.2 Å². The molecule has 110 valence electrons. The molecule has 0 unspecified atom stereocenters. The first-order chi connectivity index (χ1) is 9.89. The molecule has 1 atom stereocenters. The molecule has 0 radical (unpaired) electrons. The molecular weight excluding hydrogens is 252 g/mol. The molecule has 1 aromatic heterocycles. The highest BCUT2D eigenvalue weighted by molar-refractivity contribution is 5.07. The minimum Gasteiger partial charge on any atom is -0.377 e. The van der Waals surface area contributed by atoms with Gasteiger partial charge < -0.3 is 14.8 Å². The maximum Gasteiger partial charge on any atom is 0.0736 e. The van der Waals surface area contributed by atoms with Crippen molar-refractivity contribution in [2.75, 3.05) is 26.3 Å². The zero-order valence-corrected chi connectivity index (χ0v) is 12.0. The van der Waals surface area contributed by atoms with Gasteiger partial charge in [-0.25, -0.2) is 0 Å². The molecule has 2 aliphatic heterocycles. The third kappa shape index (κ3) is 3.19. The molecule has 2 fully saturated rings. The van der Waals surface area contributed by atoms with E-state index in [0.29, 0.717) is 12.5 Å². The Hall–Kier alpha value is -0.970. The van der Waals surface area contributed by atoms with E-state index in [0.717, 1.165) is 45.6 Å². The highest BCUT2D eigenvalue weighted by atomic mass is 16.5. The molecule has 1 spiro atoms. The Morgan fingerprint density at radius 1 is 1.30 bits per heavy atom. The molecule has 0 aliphatic carbocycles. The Morgan fingerprint density at radius 3 is 2.90 bits per heavy atom. The Balaban J connectivity index is 1.43. The summed E-state index contributed by atoms with van der Waals surface area (Å²) in [6.07, 6.45) is 8.24. The number of nitrogens with one attached hydrogen (secondary N) is 1. The topological polar surface area (TPSA) is 43.4 Å². The lowest BCUT2D eigenvalue weighted by Crippen LogP contribution is -2.46. The number of nitrogens with zero attached hydrogens (tertiary/aromatic N) is 1. The average molecular weight is 276 g/mol. The van der Waals surface area contributed by atoms with Gasteiger partial charge in [-0.2, -0.15) is 0 Å². The Kier molecular flexibility index (Phi) is 4.65. The van der Waals surface area contributed by atoms with Crippen LogP contribution in [0.4, 0.5) is 0 Å². The largest absolute Gasteiger partial charge is 0.377 e. The van der Waals surface area contributed by atoms with Gasteiger partial charge in [0.15, 0.2) is 0 Å². The van der Waals surface area contributed by atoms with Crippen molar-refractivity contribution in [1.29, 1.82) is 0 Å². The third-order valence-electron chi connectivity index (χ3n) is 4.68. The predicted octanol–water partition coefficient (Wildman–Crippen LogP) is 2.15. The Labute approximate surface area is 120 Å². The second-order valence-corrected chi connectivity index (χ2v) is 5.85. The van der Waals surface area contributed by atoms with E-state index in [2.05, 4.69) is 10.3 Å². The van der Waals surface area contributed by atoms with E-state index in [1.807, 2.05) is 24.5 Å². The Bertz CT molecular complexity index is 404. The molecule has 4 heteroatoms. The van der Waals surface area contributed by atoms with Crippen molar-refractivity contribution in [3.63, 3.8) is 0 Å². The van der Waals surface area contributed by atoms with Gasteiger partial charge in [0.05, 0.1) is 12.2 Å². The van der Waals surface area contributed by atoms with Crippen LogP contribution in [-0.2, 0) is 16.1 Å². The van der Waals surface area contributed by atoms with Crippen molar-refractivity contribution < 1.29 is 9.47 Å². The highest BCUT2D eigenvalue weighted by Crippen LogP contribution is 2.40. The van der Waals surface area contributed by atoms with Crippen molar-refractivity contribution >= 4 is 0 Å². The minimum atomic E-state index is 0.144. The molecule has 4 nitrogen and oxygen atoms in total. The van der Waals surface area contributed by atoms with Gasteiger partial charge in [0.25, 0.3) is 0 Å². The lowest BCUT2D eigenvalue weighted by molar-refractivity contribution is -0.0515. The molecule has 0 amide bonds. The second kappa shape index (κ2) is 6.66. The minimum absolute atomic E-state index is 0.144. The van der Waals surface area contributed by atoms with Crippen LogP contribution in [0.25, 0.3) is 0 Å². The number of pyridine rings is 1. The first-order valence-corrected chi connectivity index (χ1v) is 7.70. The molecule has 2 aliphatic rings. The van der Waals surface area contributed by atoms with E-state index in [-0.39, 0.29) is 5.60 Å². The summed E-state index contributed by atoms with van der Waals surface area (Å²) >= 11 is 0. The van der Waals surface area contributed by atoms with E-state index in [9.17, 15) is 0 Å². The number of hydrogen-bond donors (Lipinski definition) is 1. The average Bonchev–Trinajstić information content (AvgIpc) is 2.88. The summed E-state index contributed by atoms with van der Waals surface area (Å²) in [7, 11) is 0. The summed E-state index contributed by atoms with van der Waals surface area (Å²) in [5.74, 6) is 0.669. The quantitative estimate of drug-likeness (QED) is 0.837. The molecule has 2 saturated heterocycles. The van der Waals surface area contributed by atoms with Crippen LogP contribution >= 0.6 is 0 Å². The SMILES string of the molecule is c1cc(COCC[C@@H]2CCOC23CCNCC3)ccn1. The van der Waals surface area contributed by atoms with Crippen molar-refractivity contribution in [2.24, 2.45) is 5.92 Å². The molecular formula is C16H24N2O2. The first-order valence-electron chi connectivity index (χ1n) is 7.70. The van der Waals surface area contributed by atoms with Crippen LogP contribution < -0.4 is 5.32 Å². The predicted molar refractivity (Wildman–Crippen MR) is 77.4 cm³/mol. The molecule has 3 heterocycles. The molecule has 1 N–H and O–H groups in total. The maximum absolute atomic E-state index is 6.11. The summed E-state index contributed by atoms with van der Waals surface area (Å²) in [6, 6.07) is 4.01. The first kappa shape index (κ1) is 14.0. The normalized spacial score (nSPS) is 25.1. The van der Waals surface area contributed by atoms with Crippen molar-refractivity contribution in [3.8, 4) is 0 Å². The maximum atomic E-state index is 6.11. The van der Waals surface area contributed by atoms with Gasteiger partial charge in [-0.1, -0.05) is 0 Å². The van der Waals surface area contributed by atoms with Crippen LogP contribution in [-0.4, -0.2) is 36.9 Å². The summed E-state index contributed by atoms with van der Waals surface area (Å²) in [5.41, 5.74) is 1.34.